The number of hydrogen-bond donors (Lipinski definition) is 0. The molecule has 0 saturated carbocycles. The van der Waals surface area contributed by atoms with Crippen molar-refractivity contribution in [2.45, 2.75) is 100 Å². The van der Waals surface area contributed by atoms with Crippen LogP contribution in [0.5, 0.6) is 0 Å². The average Bonchev–Trinajstić information content (AvgIpc) is 3.81. The smallest absolute Gasteiger partial charge is 0.216 e. The Morgan fingerprint density at radius 2 is 1.39 bits per heavy atom. The third-order valence-corrected chi connectivity index (χ3v) is 14.0. The quantitative estimate of drug-likeness (QED) is 0.107. The molecule has 0 fully saturated rings. The maximum Gasteiger partial charge on any atom is 0.216 e. The minimum absolute atomic E-state index is 0. The molecular formula is C57H60IrN4OSi-2. The molecule has 0 spiro atoms. The number of furan rings is 1. The van der Waals surface area contributed by atoms with Crippen LogP contribution >= 0.6 is 0 Å². The summed E-state index contributed by atoms with van der Waals surface area (Å²) in [5.74, 6) is 2.06. The zero-order valence-electron chi connectivity index (χ0n) is 39.4. The Kier molecular flexibility index (Phi) is 13.8. The molecular weight excluding hydrogens is 977 g/mol. The van der Waals surface area contributed by atoms with Gasteiger partial charge in [0.05, 0.1) is 30.5 Å². The number of fused-ring (bicyclic) bond motifs is 4. The molecule has 0 aliphatic carbocycles. The van der Waals surface area contributed by atoms with Gasteiger partial charge in [0.15, 0.2) is 0 Å². The van der Waals surface area contributed by atoms with E-state index in [-0.39, 0.29) is 20.1 Å². The summed E-state index contributed by atoms with van der Waals surface area (Å²) in [6.45, 7) is 27.1. The molecule has 9 aromatic rings. The summed E-state index contributed by atoms with van der Waals surface area (Å²) in [6, 6.07) is 45.4. The molecule has 0 aliphatic heterocycles. The van der Waals surface area contributed by atoms with Crippen molar-refractivity contribution < 1.29 is 24.5 Å². The van der Waals surface area contributed by atoms with Gasteiger partial charge in [-0.05, 0) is 101 Å². The van der Waals surface area contributed by atoms with Crippen molar-refractivity contribution in [1.29, 1.82) is 0 Å². The molecule has 0 amide bonds. The minimum Gasteiger partial charge on any atom is -0.486 e. The predicted octanol–water partition coefficient (Wildman–Crippen LogP) is 14.9. The molecule has 4 heterocycles. The monoisotopic (exact) mass is 1040 g/mol. The molecule has 0 unspecified atom stereocenters. The second-order valence-electron chi connectivity index (χ2n) is 19.3. The van der Waals surface area contributed by atoms with Crippen molar-refractivity contribution in [3.63, 3.8) is 0 Å². The molecule has 64 heavy (non-hydrogen) atoms. The van der Waals surface area contributed by atoms with E-state index >= 15 is 0 Å². The number of aryl methyl sites for hydroxylation is 3. The van der Waals surface area contributed by atoms with Crippen LogP contribution < -0.4 is 5.19 Å². The first kappa shape index (κ1) is 46.5. The maximum atomic E-state index is 6.44. The van der Waals surface area contributed by atoms with E-state index in [4.69, 9.17) is 14.4 Å². The summed E-state index contributed by atoms with van der Waals surface area (Å²) in [5.41, 5.74) is 17.6. The molecule has 1 radical (unpaired) electrons. The van der Waals surface area contributed by atoms with Crippen LogP contribution in [0.2, 0.25) is 19.6 Å². The van der Waals surface area contributed by atoms with Gasteiger partial charge in [0.1, 0.15) is 0 Å². The number of nitrogens with zero attached hydrogens (tertiary/aromatic N) is 4. The Morgan fingerprint density at radius 3 is 2.05 bits per heavy atom. The number of imidazole rings is 1. The van der Waals surface area contributed by atoms with Crippen LogP contribution in [0.1, 0.15) is 86.9 Å². The first-order valence-electron chi connectivity index (χ1n) is 22.5. The first-order chi connectivity index (χ1) is 30.1. The fourth-order valence-corrected chi connectivity index (χ4v) is 10.5. The van der Waals surface area contributed by atoms with E-state index < -0.39 is 8.07 Å². The second-order valence-corrected chi connectivity index (χ2v) is 24.3. The zero-order valence-corrected chi connectivity index (χ0v) is 42.8. The van der Waals surface area contributed by atoms with E-state index in [0.29, 0.717) is 23.5 Å². The summed E-state index contributed by atoms with van der Waals surface area (Å²) in [5, 5.41) is 3.52. The van der Waals surface area contributed by atoms with Gasteiger partial charge in [0, 0.05) is 43.1 Å². The number of pyridine rings is 2. The molecule has 0 atom stereocenters. The normalized spacial score (nSPS) is 11.8. The van der Waals surface area contributed by atoms with Crippen LogP contribution in [-0.2, 0) is 26.5 Å². The van der Waals surface area contributed by atoms with Crippen LogP contribution in [0.3, 0.4) is 0 Å². The van der Waals surface area contributed by atoms with E-state index in [0.717, 1.165) is 62.1 Å². The van der Waals surface area contributed by atoms with E-state index in [9.17, 15) is 0 Å². The molecule has 0 saturated heterocycles. The number of rotatable bonds is 9. The summed E-state index contributed by atoms with van der Waals surface area (Å²) >= 11 is 0. The molecule has 0 aliphatic rings. The zero-order chi connectivity index (χ0) is 44.7. The molecule has 4 aromatic heterocycles. The fraction of sp³-hybridized carbons (Fsp3) is 0.281. The van der Waals surface area contributed by atoms with Gasteiger partial charge in [0.2, 0.25) is 5.71 Å². The van der Waals surface area contributed by atoms with Gasteiger partial charge in [-0.3, -0.25) is 4.98 Å². The van der Waals surface area contributed by atoms with E-state index in [1.54, 1.807) is 0 Å². The van der Waals surface area contributed by atoms with Crippen LogP contribution in [0, 0.1) is 38.8 Å². The molecule has 5 aromatic carbocycles. The summed E-state index contributed by atoms with van der Waals surface area (Å²) in [6.07, 6.45) is 3.26. The van der Waals surface area contributed by atoms with Gasteiger partial charge >= 0.3 is 0 Å². The van der Waals surface area contributed by atoms with Crippen LogP contribution in [0.15, 0.2) is 120 Å². The number of hydrogen-bond acceptors (Lipinski definition) is 4. The van der Waals surface area contributed by atoms with Gasteiger partial charge in [-0.2, -0.15) is 0 Å². The molecule has 9 rings (SSSR count). The first-order valence-corrected chi connectivity index (χ1v) is 26.0. The number of para-hydroxylation sites is 2. The Morgan fingerprint density at radius 1 is 0.703 bits per heavy atom. The van der Waals surface area contributed by atoms with Crippen molar-refractivity contribution in [2.24, 2.45) is 5.92 Å². The third kappa shape index (κ3) is 9.35. The minimum atomic E-state index is -1.36. The van der Waals surface area contributed by atoms with Gasteiger partial charge in [-0.1, -0.05) is 140 Å². The average molecular weight is 1040 g/mol. The van der Waals surface area contributed by atoms with Crippen molar-refractivity contribution in [2.75, 3.05) is 0 Å². The standard InChI is InChI=1S/C37H32N3O.C20H28NSi.Ir/c1-22(2)30-20-26(25-12-7-6-8-13-25)21-31(23(3)4)34(30)40-33-17-10-9-16-32(33)39-36(40)29-15-11-14-27-28-19-18-24(5)38-37(28)41-35(27)29;1-14(2)10-17-12-19(21-13-20(17)22(5,6)7)18-9-8-15(3)11-16(18)4;/h6-14,16-23H,1-5H3;8,11-14H,10H2,1-7H3;/q2*-1;. The van der Waals surface area contributed by atoms with E-state index in [1.165, 1.54) is 49.8 Å². The Hall–Kier alpha value is -5.46. The second kappa shape index (κ2) is 18.9. The van der Waals surface area contributed by atoms with Crippen LogP contribution in [0.4, 0.5) is 0 Å². The van der Waals surface area contributed by atoms with Crippen molar-refractivity contribution in [1.82, 2.24) is 19.5 Å². The third-order valence-electron chi connectivity index (χ3n) is 11.9. The van der Waals surface area contributed by atoms with Crippen molar-refractivity contribution >= 4 is 46.4 Å². The molecule has 5 nitrogen and oxygen atoms in total. The van der Waals surface area contributed by atoms with Gasteiger partial charge in [0.25, 0.3) is 0 Å². The Balaban J connectivity index is 0.000000227. The molecule has 7 heteroatoms. The van der Waals surface area contributed by atoms with Gasteiger partial charge in [-0.15, -0.1) is 53.1 Å². The number of benzene rings is 5. The topological polar surface area (TPSA) is 56.7 Å². The largest absolute Gasteiger partial charge is 0.486 e. The maximum absolute atomic E-state index is 6.44. The summed E-state index contributed by atoms with van der Waals surface area (Å²) < 4.78 is 8.78. The van der Waals surface area contributed by atoms with Crippen LogP contribution in [0.25, 0.3) is 72.6 Å². The van der Waals surface area contributed by atoms with Crippen LogP contribution in [-0.4, -0.2) is 27.6 Å². The van der Waals surface area contributed by atoms with E-state index in [2.05, 4.69) is 194 Å². The van der Waals surface area contributed by atoms with Gasteiger partial charge < -0.3 is 14.0 Å². The fourth-order valence-electron chi connectivity index (χ4n) is 8.87. The van der Waals surface area contributed by atoms with Crippen molar-refractivity contribution in [3.8, 4) is 39.5 Å². The Bertz CT molecular complexity index is 3070. The van der Waals surface area contributed by atoms with Crippen molar-refractivity contribution in [3.05, 3.63) is 161 Å². The SMILES string of the molecule is Cc1c[c-]c(-c2cc(CC(C)C)c([Si](C)(C)C)cn2)c(C)c1.Cc1ccc2c(n1)oc1c(-c3nc4ccccc4n3-c3c(C(C)C)cc(-c4ccccc4)cc3C(C)C)[c-]ccc12.[Ir]. The molecule has 0 bridgehead atoms. The summed E-state index contributed by atoms with van der Waals surface area (Å²) in [7, 11) is -1.36. The van der Waals surface area contributed by atoms with Gasteiger partial charge in [-0.25, -0.2) is 4.98 Å². The molecule has 0 N–H and O–H groups in total. The Labute approximate surface area is 394 Å². The number of aromatic nitrogens is 4. The predicted molar refractivity (Wildman–Crippen MR) is 268 cm³/mol. The summed E-state index contributed by atoms with van der Waals surface area (Å²) in [4.78, 5) is 14.7. The van der Waals surface area contributed by atoms with E-state index in [1.807, 2.05) is 25.1 Å². The molecule has 329 valence electrons.